The van der Waals surface area contributed by atoms with Crippen molar-refractivity contribution in [1.82, 2.24) is 15.4 Å². The third-order valence-corrected chi connectivity index (χ3v) is 4.23. The van der Waals surface area contributed by atoms with Crippen LogP contribution < -0.4 is 10.9 Å². The maximum atomic E-state index is 12.0. The number of carbonyl (C=O) groups is 3. The molecule has 0 aliphatic carbocycles. The average molecular weight is 457 g/mol. The standard InChI is InChI=1S/C16H15Br2N3O3/c1-21-9-12(18)8-13(21)16(24)20-19-15(23)7-6-14(22)10-2-4-11(17)5-3-10/h2-5,8-9H,6-7H2,1H3,(H,19,23)(H,20,24). The van der Waals surface area contributed by atoms with E-state index in [0.29, 0.717) is 11.3 Å². The molecule has 0 aliphatic rings. The number of amides is 2. The van der Waals surface area contributed by atoms with Gasteiger partial charge in [0.1, 0.15) is 5.69 Å². The summed E-state index contributed by atoms with van der Waals surface area (Å²) in [5, 5.41) is 0. The number of rotatable bonds is 5. The van der Waals surface area contributed by atoms with Crippen molar-refractivity contribution in [3.05, 3.63) is 56.7 Å². The number of nitrogens with zero attached hydrogens (tertiary/aromatic N) is 1. The third kappa shape index (κ3) is 5.04. The van der Waals surface area contributed by atoms with E-state index in [0.717, 1.165) is 8.95 Å². The monoisotopic (exact) mass is 455 g/mol. The first-order valence-electron chi connectivity index (χ1n) is 7.06. The van der Waals surface area contributed by atoms with Gasteiger partial charge in [-0.05, 0) is 34.1 Å². The Hall–Kier alpha value is -1.93. The van der Waals surface area contributed by atoms with Crippen LogP contribution in [0.25, 0.3) is 0 Å². The lowest BCUT2D eigenvalue weighted by Crippen LogP contribution is -2.42. The number of nitrogens with one attached hydrogen (secondary N) is 2. The van der Waals surface area contributed by atoms with Crippen LogP contribution in [-0.2, 0) is 11.8 Å². The molecule has 0 radical (unpaired) electrons. The lowest BCUT2D eigenvalue weighted by Gasteiger charge is -2.07. The second-order valence-corrected chi connectivity index (χ2v) is 6.92. The Morgan fingerprint density at radius 1 is 1.00 bits per heavy atom. The number of halogens is 2. The van der Waals surface area contributed by atoms with Gasteiger partial charge < -0.3 is 4.57 Å². The van der Waals surface area contributed by atoms with Crippen LogP contribution in [0, 0.1) is 0 Å². The highest BCUT2D eigenvalue weighted by Crippen LogP contribution is 2.14. The first-order valence-corrected chi connectivity index (χ1v) is 8.65. The fourth-order valence-corrected chi connectivity index (χ4v) is 2.80. The summed E-state index contributed by atoms with van der Waals surface area (Å²) < 4.78 is 3.27. The van der Waals surface area contributed by atoms with Crippen LogP contribution in [0.5, 0.6) is 0 Å². The summed E-state index contributed by atoms with van der Waals surface area (Å²) >= 11 is 6.57. The van der Waals surface area contributed by atoms with Gasteiger partial charge in [-0.1, -0.05) is 28.1 Å². The molecule has 1 heterocycles. The van der Waals surface area contributed by atoms with Crippen LogP contribution in [0.15, 0.2) is 45.5 Å². The van der Waals surface area contributed by atoms with E-state index < -0.39 is 11.8 Å². The highest BCUT2D eigenvalue weighted by Gasteiger charge is 2.13. The van der Waals surface area contributed by atoms with Gasteiger partial charge in [-0.15, -0.1) is 0 Å². The van der Waals surface area contributed by atoms with Gasteiger partial charge in [0.05, 0.1) is 0 Å². The second-order valence-electron chi connectivity index (χ2n) is 5.09. The molecule has 0 saturated heterocycles. The van der Waals surface area contributed by atoms with Gasteiger partial charge in [0, 0.05) is 40.6 Å². The molecule has 1 aromatic heterocycles. The topological polar surface area (TPSA) is 80.2 Å². The summed E-state index contributed by atoms with van der Waals surface area (Å²) in [4.78, 5) is 35.7. The van der Waals surface area contributed by atoms with Crippen molar-refractivity contribution in [1.29, 1.82) is 0 Å². The number of benzene rings is 1. The summed E-state index contributed by atoms with van der Waals surface area (Å²) in [5.74, 6) is -0.992. The maximum Gasteiger partial charge on any atom is 0.286 e. The molecule has 0 bridgehead atoms. The zero-order valence-corrected chi connectivity index (χ0v) is 16.0. The Labute approximate surface area is 155 Å². The molecular formula is C16H15Br2N3O3. The van der Waals surface area contributed by atoms with E-state index in [1.54, 1.807) is 48.1 Å². The number of hydrazine groups is 1. The minimum Gasteiger partial charge on any atom is -0.345 e. The number of hydrogen-bond acceptors (Lipinski definition) is 3. The molecule has 126 valence electrons. The van der Waals surface area contributed by atoms with E-state index in [2.05, 4.69) is 42.7 Å². The number of aromatic nitrogens is 1. The lowest BCUT2D eigenvalue weighted by atomic mass is 10.1. The van der Waals surface area contributed by atoms with E-state index in [1.165, 1.54) is 0 Å². The molecule has 0 spiro atoms. The second kappa shape index (κ2) is 8.25. The van der Waals surface area contributed by atoms with Crippen molar-refractivity contribution >= 4 is 49.5 Å². The first kappa shape index (κ1) is 18.4. The molecule has 0 unspecified atom stereocenters. The maximum absolute atomic E-state index is 12.0. The Morgan fingerprint density at radius 3 is 2.25 bits per heavy atom. The number of Topliss-reactive ketones (excluding diaryl/α,β-unsaturated/α-hetero) is 1. The van der Waals surface area contributed by atoms with Crippen molar-refractivity contribution in [2.75, 3.05) is 0 Å². The molecule has 0 fully saturated rings. The van der Waals surface area contributed by atoms with E-state index in [9.17, 15) is 14.4 Å². The zero-order valence-electron chi connectivity index (χ0n) is 12.8. The normalized spacial score (nSPS) is 10.3. The Morgan fingerprint density at radius 2 is 1.67 bits per heavy atom. The summed E-state index contributed by atoms with van der Waals surface area (Å²) in [6.07, 6.45) is 1.79. The Balaban J connectivity index is 1.79. The molecule has 8 heteroatoms. The van der Waals surface area contributed by atoms with E-state index in [1.807, 2.05) is 0 Å². The van der Waals surface area contributed by atoms with Gasteiger partial charge in [0.15, 0.2) is 5.78 Å². The molecule has 2 aromatic rings. The number of hydrogen-bond donors (Lipinski definition) is 2. The van der Waals surface area contributed by atoms with E-state index in [4.69, 9.17) is 0 Å². The molecule has 24 heavy (non-hydrogen) atoms. The SMILES string of the molecule is Cn1cc(Br)cc1C(=O)NNC(=O)CCC(=O)c1ccc(Br)cc1. The molecule has 0 aliphatic heterocycles. The summed E-state index contributed by atoms with van der Waals surface area (Å²) in [6, 6.07) is 8.56. The van der Waals surface area contributed by atoms with Crippen molar-refractivity contribution in [3.8, 4) is 0 Å². The molecule has 1 aromatic carbocycles. The largest absolute Gasteiger partial charge is 0.345 e. The van der Waals surface area contributed by atoms with E-state index >= 15 is 0 Å². The van der Waals surface area contributed by atoms with Crippen molar-refractivity contribution in [2.45, 2.75) is 12.8 Å². The molecule has 6 nitrogen and oxygen atoms in total. The zero-order chi connectivity index (χ0) is 17.7. The van der Waals surface area contributed by atoms with Gasteiger partial charge in [0.25, 0.3) is 5.91 Å². The summed E-state index contributed by atoms with van der Waals surface area (Å²) in [5.41, 5.74) is 5.57. The highest BCUT2D eigenvalue weighted by atomic mass is 79.9. The molecule has 0 atom stereocenters. The summed E-state index contributed by atoms with van der Waals surface area (Å²) in [6.45, 7) is 0. The predicted molar refractivity (Wildman–Crippen MR) is 96.4 cm³/mol. The summed E-state index contributed by atoms with van der Waals surface area (Å²) in [7, 11) is 1.72. The molecule has 0 saturated carbocycles. The molecular weight excluding hydrogens is 442 g/mol. The van der Waals surface area contributed by atoms with Crippen LogP contribution in [0.3, 0.4) is 0 Å². The minimum absolute atomic E-state index is 0.00793. The smallest absolute Gasteiger partial charge is 0.286 e. The van der Waals surface area contributed by atoms with Crippen LogP contribution in [-0.4, -0.2) is 22.2 Å². The lowest BCUT2D eigenvalue weighted by molar-refractivity contribution is -0.121. The van der Waals surface area contributed by atoms with Crippen LogP contribution in [0.4, 0.5) is 0 Å². The van der Waals surface area contributed by atoms with Gasteiger partial charge in [-0.2, -0.15) is 0 Å². The number of ketones is 1. The highest BCUT2D eigenvalue weighted by molar-refractivity contribution is 9.10. The van der Waals surface area contributed by atoms with Gasteiger partial charge >= 0.3 is 0 Å². The van der Waals surface area contributed by atoms with Crippen LogP contribution in [0.1, 0.15) is 33.7 Å². The average Bonchev–Trinajstić information content (AvgIpc) is 2.89. The van der Waals surface area contributed by atoms with Crippen LogP contribution >= 0.6 is 31.9 Å². The van der Waals surface area contributed by atoms with Gasteiger partial charge in [-0.25, -0.2) is 0 Å². The van der Waals surface area contributed by atoms with Crippen molar-refractivity contribution in [3.63, 3.8) is 0 Å². The molecule has 2 amide bonds. The van der Waals surface area contributed by atoms with Gasteiger partial charge in [-0.3, -0.25) is 25.2 Å². The number of aryl methyl sites for hydroxylation is 1. The van der Waals surface area contributed by atoms with Crippen molar-refractivity contribution < 1.29 is 14.4 Å². The minimum atomic E-state index is -0.434. The van der Waals surface area contributed by atoms with Crippen LogP contribution in [0.2, 0.25) is 0 Å². The molecule has 2 N–H and O–H groups in total. The fraction of sp³-hybridized carbons (Fsp3) is 0.188. The fourth-order valence-electron chi connectivity index (χ4n) is 2.01. The van der Waals surface area contributed by atoms with Gasteiger partial charge in [0.2, 0.25) is 5.91 Å². The first-order chi connectivity index (χ1) is 11.4. The number of carbonyl (C=O) groups excluding carboxylic acids is 3. The molecule has 2 rings (SSSR count). The predicted octanol–water partition coefficient (Wildman–Crippen LogP) is 2.97. The van der Waals surface area contributed by atoms with E-state index in [-0.39, 0.29) is 18.6 Å². The Bertz CT molecular complexity index is 769. The third-order valence-electron chi connectivity index (χ3n) is 3.26. The van der Waals surface area contributed by atoms with Crippen molar-refractivity contribution in [2.24, 2.45) is 7.05 Å². The quantitative estimate of drug-likeness (QED) is 0.536. The Kier molecular flexibility index (Phi) is 6.33.